The third-order valence-corrected chi connectivity index (χ3v) is 7.99. The molecule has 2 atom stereocenters. The van der Waals surface area contributed by atoms with Crippen molar-refractivity contribution in [3.8, 4) is 11.5 Å². The fraction of sp³-hybridized carbons (Fsp3) is 0.250. The summed E-state index contributed by atoms with van der Waals surface area (Å²) in [5.41, 5.74) is 5.24. The first-order valence-corrected chi connectivity index (χ1v) is 13.7. The van der Waals surface area contributed by atoms with Crippen molar-refractivity contribution >= 4 is 27.7 Å². The van der Waals surface area contributed by atoms with Crippen molar-refractivity contribution in [2.75, 3.05) is 13.7 Å². The van der Waals surface area contributed by atoms with E-state index < -0.39 is 11.9 Å². The second kappa shape index (κ2) is 11.5. The summed E-state index contributed by atoms with van der Waals surface area (Å²) in [6.45, 7) is 2.05. The topological polar surface area (TPSA) is 84.9 Å². The molecule has 2 aliphatic rings. The fourth-order valence-electron chi connectivity index (χ4n) is 5.50. The number of rotatable bonds is 7. The normalized spacial score (nSPS) is 18.9. The molecule has 0 amide bonds. The van der Waals surface area contributed by atoms with Crippen molar-refractivity contribution in [2.45, 2.75) is 38.0 Å². The third-order valence-electron chi connectivity index (χ3n) is 7.39. The number of hydrogen-bond donors (Lipinski definition) is 2. The highest BCUT2D eigenvalue weighted by atomic mass is 79.9. The molecule has 1 heterocycles. The first-order valence-electron chi connectivity index (χ1n) is 12.9. The first kappa shape index (κ1) is 26.8. The number of Topliss-reactive ketones (excluding diaryl/α,β-unsaturated/α-hetero) is 1. The van der Waals surface area contributed by atoms with E-state index in [9.17, 15) is 14.7 Å². The minimum absolute atomic E-state index is 0.0205. The number of ether oxygens (including phenoxy) is 2. The average Bonchev–Trinajstić information content (AvgIpc) is 2.94. The van der Waals surface area contributed by atoms with E-state index in [1.165, 1.54) is 7.11 Å². The van der Waals surface area contributed by atoms with Crippen molar-refractivity contribution in [3.63, 3.8) is 0 Å². The number of hydrogen-bond acceptors (Lipinski definition) is 6. The van der Waals surface area contributed by atoms with Crippen LogP contribution in [-0.2, 0) is 20.7 Å². The third kappa shape index (κ3) is 5.50. The highest BCUT2D eigenvalue weighted by Crippen LogP contribution is 2.48. The summed E-state index contributed by atoms with van der Waals surface area (Å²) in [7, 11) is 1.47. The van der Waals surface area contributed by atoms with Gasteiger partial charge in [0, 0.05) is 35.7 Å². The first-order chi connectivity index (χ1) is 18.9. The van der Waals surface area contributed by atoms with Gasteiger partial charge in [-0.05, 0) is 64.0 Å². The second-order valence-electron chi connectivity index (χ2n) is 9.85. The van der Waals surface area contributed by atoms with Crippen molar-refractivity contribution in [2.24, 2.45) is 0 Å². The van der Waals surface area contributed by atoms with Crippen LogP contribution >= 0.6 is 15.9 Å². The van der Waals surface area contributed by atoms with Crippen LogP contribution in [0.3, 0.4) is 0 Å². The van der Waals surface area contributed by atoms with Crippen LogP contribution in [-0.4, -0.2) is 30.6 Å². The van der Waals surface area contributed by atoms with Crippen molar-refractivity contribution < 1.29 is 24.2 Å². The number of methoxy groups -OCH3 is 1. The maximum Gasteiger partial charge on any atom is 0.336 e. The van der Waals surface area contributed by atoms with E-state index in [0.717, 1.165) is 16.8 Å². The Labute approximate surface area is 236 Å². The van der Waals surface area contributed by atoms with E-state index in [4.69, 9.17) is 9.47 Å². The molecule has 0 saturated carbocycles. The molecule has 1 aliphatic heterocycles. The van der Waals surface area contributed by atoms with Gasteiger partial charge in [0.1, 0.15) is 0 Å². The Balaban J connectivity index is 1.52. The van der Waals surface area contributed by atoms with Crippen molar-refractivity contribution in [1.82, 2.24) is 5.32 Å². The molecule has 39 heavy (non-hydrogen) atoms. The summed E-state index contributed by atoms with van der Waals surface area (Å²) >= 11 is 3.41. The Kier molecular flexibility index (Phi) is 7.89. The number of esters is 1. The molecule has 0 fully saturated rings. The monoisotopic (exact) mass is 587 g/mol. The number of nitrogens with one attached hydrogen (secondary N) is 1. The van der Waals surface area contributed by atoms with E-state index in [1.807, 2.05) is 67.6 Å². The lowest BCUT2D eigenvalue weighted by atomic mass is 9.71. The number of carbonyl (C=O) groups excluding carboxylic acids is 2. The second-order valence-corrected chi connectivity index (χ2v) is 10.7. The SMILES string of the molecule is COc1cc([C@@H]2C(C(=O)OCCc3ccccc3)=C(C)NC3=C2C(=O)C[C@H](c2ccccc2)C3)cc(Br)c1O. The highest BCUT2D eigenvalue weighted by molar-refractivity contribution is 9.10. The Bertz CT molecular complexity index is 1460. The van der Waals surface area contributed by atoms with E-state index in [1.54, 1.807) is 12.1 Å². The predicted molar refractivity (Wildman–Crippen MR) is 152 cm³/mol. The quantitative estimate of drug-likeness (QED) is 0.315. The van der Waals surface area contributed by atoms with Crippen molar-refractivity contribution in [1.29, 1.82) is 0 Å². The van der Waals surface area contributed by atoms with Gasteiger partial charge in [-0.2, -0.15) is 0 Å². The molecule has 0 unspecified atom stereocenters. The largest absolute Gasteiger partial charge is 0.503 e. The molecule has 2 N–H and O–H groups in total. The standard InChI is InChI=1S/C32H30BrNO5/c1-19-28(32(37)39-14-13-20-9-5-3-6-10-20)29(23-15-24(33)31(36)27(18-23)38-2)30-25(34-19)16-22(17-26(30)35)21-11-7-4-8-12-21/h3-12,15,18,22,29,34,36H,13-14,16-17H2,1-2H3/t22-,29-/m1/s1. The number of dihydropyridines is 1. The molecule has 0 bridgehead atoms. The smallest absolute Gasteiger partial charge is 0.336 e. The van der Waals surface area contributed by atoms with Gasteiger partial charge in [0.2, 0.25) is 0 Å². The number of phenols is 1. The Morgan fingerprint density at radius 3 is 2.41 bits per heavy atom. The van der Waals surface area contributed by atoms with E-state index in [-0.39, 0.29) is 29.8 Å². The average molecular weight is 588 g/mol. The molecule has 7 heteroatoms. The van der Waals surface area contributed by atoms with Crippen LogP contribution in [0.4, 0.5) is 0 Å². The summed E-state index contributed by atoms with van der Waals surface area (Å²) in [5.74, 6) is -0.919. The van der Waals surface area contributed by atoms with Gasteiger partial charge >= 0.3 is 5.97 Å². The molecule has 5 rings (SSSR count). The van der Waals surface area contributed by atoms with Gasteiger partial charge in [-0.25, -0.2) is 4.79 Å². The molecule has 0 saturated heterocycles. The van der Waals surface area contributed by atoms with Crippen LogP contribution in [0, 0.1) is 0 Å². The Morgan fingerprint density at radius 1 is 1.03 bits per heavy atom. The highest BCUT2D eigenvalue weighted by Gasteiger charge is 2.42. The number of carbonyl (C=O) groups is 2. The molecule has 6 nitrogen and oxygen atoms in total. The molecule has 3 aromatic carbocycles. The number of allylic oxidation sites excluding steroid dienone is 3. The maximum absolute atomic E-state index is 13.8. The summed E-state index contributed by atoms with van der Waals surface area (Å²) in [6.07, 6.45) is 1.57. The maximum atomic E-state index is 13.8. The molecule has 3 aromatic rings. The molecule has 0 radical (unpaired) electrons. The number of benzene rings is 3. The van der Waals surface area contributed by atoms with Crippen LogP contribution in [0.1, 0.15) is 48.3 Å². The molecule has 200 valence electrons. The molecular formula is C32H30BrNO5. The fourth-order valence-corrected chi connectivity index (χ4v) is 5.96. The van der Waals surface area contributed by atoms with E-state index in [2.05, 4.69) is 21.2 Å². The van der Waals surface area contributed by atoms with Crippen molar-refractivity contribution in [3.05, 3.63) is 116 Å². The van der Waals surface area contributed by atoms with E-state index >= 15 is 0 Å². The van der Waals surface area contributed by atoms with Crippen LogP contribution < -0.4 is 10.1 Å². The van der Waals surface area contributed by atoms with Gasteiger partial charge in [-0.1, -0.05) is 60.7 Å². The molecular weight excluding hydrogens is 558 g/mol. The number of ketones is 1. The zero-order valence-electron chi connectivity index (χ0n) is 21.9. The molecule has 0 aromatic heterocycles. The van der Waals surface area contributed by atoms with Gasteiger partial charge in [0.05, 0.1) is 23.8 Å². The summed E-state index contributed by atoms with van der Waals surface area (Å²) < 4.78 is 11.6. The van der Waals surface area contributed by atoms with Gasteiger partial charge in [0.15, 0.2) is 17.3 Å². The van der Waals surface area contributed by atoms with Gasteiger partial charge < -0.3 is 19.9 Å². The van der Waals surface area contributed by atoms with Crippen LogP contribution in [0.15, 0.2) is 99.8 Å². The number of halogens is 1. The lowest BCUT2D eigenvalue weighted by Crippen LogP contribution is -2.36. The van der Waals surface area contributed by atoms with Gasteiger partial charge in [-0.15, -0.1) is 0 Å². The Morgan fingerprint density at radius 2 is 1.72 bits per heavy atom. The molecule has 0 spiro atoms. The minimum atomic E-state index is -0.666. The molecule has 1 aliphatic carbocycles. The van der Waals surface area contributed by atoms with Gasteiger partial charge in [0.25, 0.3) is 0 Å². The number of aromatic hydroxyl groups is 1. The minimum Gasteiger partial charge on any atom is -0.503 e. The van der Waals surface area contributed by atoms with E-state index in [0.29, 0.717) is 46.1 Å². The predicted octanol–water partition coefficient (Wildman–Crippen LogP) is 6.31. The zero-order valence-corrected chi connectivity index (χ0v) is 23.5. The summed E-state index contributed by atoms with van der Waals surface area (Å²) in [4.78, 5) is 27.4. The zero-order chi connectivity index (χ0) is 27.5. The summed E-state index contributed by atoms with van der Waals surface area (Å²) in [6, 6.07) is 23.3. The summed E-state index contributed by atoms with van der Waals surface area (Å²) in [5, 5.41) is 13.8. The van der Waals surface area contributed by atoms with Crippen LogP contribution in [0.2, 0.25) is 0 Å². The number of phenolic OH excluding ortho intramolecular Hbond substituents is 1. The lowest BCUT2D eigenvalue weighted by molar-refractivity contribution is -0.139. The Hall–Kier alpha value is -3.84. The van der Waals surface area contributed by atoms with Crippen LogP contribution in [0.5, 0.6) is 11.5 Å². The van der Waals surface area contributed by atoms with Gasteiger partial charge in [-0.3, -0.25) is 4.79 Å². The lowest BCUT2D eigenvalue weighted by Gasteiger charge is -2.37. The van der Waals surface area contributed by atoms with Crippen LogP contribution in [0.25, 0.3) is 0 Å².